The van der Waals surface area contributed by atoms with Crippen LogP contribution in [0.15, 0.2) is 11.4 Å². The molecule has 0 aromatic carbocycles. The van der Waals surface area contributed by atoms with Gasteiger partial charge in [-0.2, -0.15) is 0 Å². The summed E-state index contributed by atoms with van der Waals surface area (Å²) in [7, 11) is 0. The van der Waals surface area contributed by atoms with Crippen LogP contribution < -0.4 is 5.32 Å². The second kappa shape index (κ2) is 6.38. The molecule has 1 N–H and O–H groups in total. The molecule has 0 saturated carbocycles. The number of hydrogen-bond donors (Lipinski definition) is 1. The van der Waals surface area contributed by atoms with Gasteiger partial charge in [-0.3, -0.25) is 0 Å². The van der Waals surface area contributed by atoms with Crippen LogP contribution in [0.4, 0.5) is 0 Å². The lowest BCUT2D eigenvalue weighted by atomic mass is 10.2. The zero-order chi connectivity index (χ0) is 11.2. The third kappa shape index (κ3) is 3.30. The standard InChI is InChI=1S/C13H21NOS/c1-2-11-6-9-16-13(11)10-14-7-5-12-4-3-8-15-12/h6,9,12,14H,2-5,7-8,10H2,1H3. The molecule has 1 saturated heterocycles. The van der Waals surface area contributed by atoms with Gasteiger partial charge in [0.2, 0.25) is 0 Å². The molecule has 2 nitrogen and oxygen atoms in total. The molecular weight excluding hydrogens is 218 g/mol. The zero-order valence-corrected chi connectivity index (χ0v) is 10.8. The summed E-state index contributed by atoms with van der Waals surface area (Å²) in [6, 6.07) is 2.24. The molecule has 1 aromatic rings. The van der Waals surface area contributed by atoms with Crippen LogP contribution in [0.25, 0.3) is 0 Å². The number of rotatable bonds is 6. The van der Waals surface area contributed by atoms with Gasteiger partial charge in [-0.25, -0.2) is 0 Å². The van der Waals surface area contributed by atoms with E-state index in [0.29, 0.717) is 6.10 Å². The van der Waals surface area contributed by atoms with Crippen LogP contribution in [-0.4, -0.2) is 19.3 Å². The molecule has 1 aromatic heterocycles. The molecule has 0 radical (unpaired) electrons. The van der Waals surface area contributed by atoms with Gasteiger partial charge in [-0.1, -0.05) is 6.92 Å². The van der Waals surface area contributed by atoms with E-state index in [9.17, 15) is 0 Å². The molecule has 2 heterocycles. The van der Waals surface area contributed by atoms with E-state index in [-0.39, 0.29) is 0 Å². The first-order chi connectivity index (χ1) is 7.90. The molecule has 90 valence electrons. The number of nitrogens with one attached hydrogen (secondary N) is 1. The average molecular weight is 239 g/mol. The van der Waals surface area contributed by atoms with Crippen LogP contribution in [0, 0.1) is 0 Å². The third-order valence-electron chi connectivity index (χ3n) is 3.17. The molecule has 16 heavy (non-hydrogen) atoms. The summed E-state index contributed by atoms with van der Waals surface area (Å²) in [6.45, 7) is 5.28. The minimum absolute atomic E-state index is 0.515. The zero-order valence-electron chi connectivity index (χ0n) is 10.00. The quantitative estimate of drug-likeness (QED) is 0.771. The maximum atomic E-state index is 5.60. The molecule has 0 amide bonds. The fourth-order valence-corrected chi connectivity index (χ4v) is 3.12. The van der Waals surface area contributed by atoms with Gasteiger partial charge in [0, 0.05) is 18.0 Å². The van der Waals surface area contributed by atoms with Crippen LogP contribution >= 0.6 is 11.3 Å². The lowest BCUT2D eigenvalue weighted by Gasteiger charge is -2.09. The number of aryl methyl sites for hydroxylation is 1. The Morgan fingerprint density at radius 1 is 1.56 bits per heavy atom. The first-order valence-corrected chi connectivity index (χ1v) is 7.15. The molecule has 0 bridgehead atoms. The highest BCUT2D eigenvalue weighted by atomic mass is 32.1. The smallest absolute Gasteiger partial charge is 0.0588 e. The van der Waals surface area contributed by atoms with Gasteiger partial charge in [-0.15, -0.1) is 11.3 Å². The summed E-state index contributed by atoms with van der Waals surface area (Å²) in [5, 5.41) is 5.71. The maximum Gasteiger partial charge on any atom is 0.0588 e. The molecule has 1 atom stereocenters. The highest BCUT2D eigenvalue weighted by Gasteiger charge is 2.14. The van der Waals surface area contributed by atoms with E-state index in [1.165, 1.54) is 23.3 Å². The Kier molecular flexibility index (Phi) is 4.82. The van der Waals surface area contributed by atoms with Crippen molar-refractivity contribution >= 4 is 11.3 Å². The Labute approximate surface area is 102 Å². The topological polar surface area (TPSA) is 21.3 Å². The van der Waals surface area contributed by atoms with Gasteiger partial charge in [0.15, 0.2) is 0 Å². The Morgan fingerprint density at radius 3 is 3.25 bits per heavy atom. The van der Waals surface area contributed by atoms with Crippen molar-refractivity contribution in [1.29, 1.82) is 0 Å². The Morgan fingerprint density at radius 2 is 2.50 bits per heavy atom. The molecule has 1 aliphatic heterocycles. The van der Waals surface area contributed by atoms with E-state index in [1.807, 2.05) is 11.3 Å². The molecule has 0 spiro atoms. The van der Waals surface area contributed by atoms with Crippen molar-refractivity contribution in [2.24, 2.45) is 0 Å². The van der Waals surface area contributed by atoms with Crippen LogP contribution in [0.5, 0.6) is 0 Å². The van der Waals surface area contributed by atoms with E-state index in [1.54, 1.807) is 0 Å². The molecule has 1 fully saturated rings. The van der Waals surface area contributed by atoms with E-state index in [0.717, 1.165) is 32.5 Å². The normalized spacial score (nSPS) is 20.4. The van der Waals surface area contributed by atoms with Crippen LogP contribution in [-0.2, 0) is 17.7 Å². The number of hydrogen-bond acceptors (Lipinski definition) is 3. The van der Waals surface area contributed by atoms with Crippen molar-refractivity contribution in [1.82, 2.24) is 5.32 Å². The van der Waals surface area contributed by atoms with Crippen molar-refractivity contribution in [3.05, 3.63) is 21.9 Å². The molecule has 1 unspecified atom stereocenters. The SMILES string of the molecule is CCc1ccsc1CNCCC1CCCO1. The van der Waals surface area contributed by atoms with Gasteiger partial charge in [0.1, 0.15) is 0 Å². The van der Waals surface area contributed by atoms with Crippen LogP contribution in [0.3, 0.4) is 0 Å². The van der Waals surface area contributed by atoms with E-state index in [4.69, 9.17) is 4.74 Å². The Hall–Kier alpha value is -0.380. The van der Waals surface area contributed by atoms with Gasteiger partial charge < -0.3 is 10.1 Å². The van der Waals surface area contributed by atoms with Crippen molar-refractivity contribution in [3.8, 4) is 0 Å². The summed E-state index contributed by atoms with van der Waals surface area (Å²) in [5.41, 5.74) is 1.50. The summed E-state index contributed by atoms with van der Waals surface area (Å²) in [5.74, 6) is 0. The monoisotopic (exact) mass is 239 g/mol. The van der Waals surface area contributed by atoms with Gasteiger partial charge in [0.05, 0.1) is 6.10 Å². The highest BCUT2D eigenvalue weighted by Crippen LogP contribution is 2.17. The summed E-state index contributed by atoms with van der Waals surface area (Å²) in [6.07, 6.45) is 5.32. The summed E-state index contributed by atoms with van der Waals surface area (Å²) < 4.78 is 5.60. The summed E-state index contributed by atoms with van der Waals surface area (Å²) >= 11 is 1.86. The van der Waals surface area contributed by atoms with E-state index >= 15 is 0 Å². The number of ether oxygens (including phenoxy) is 1. The van der Waals surface area contributed by atoms with E-state index in [2.05, 4.69) is 23.7 Å². The van der Waals surface area contributed by atoms with E-state index < -0.39 is 0 Å². The van der Waals surface area contributed by atoms with Gasteiger partial charge in [0.25, 0.3) is 0 Å². The minimum Gasteiger partial charge on any atom is -0.378 e. The average Bonchev–Trinajstić information content (AvgIpc) is 2.95. The van der Waals surface area contributed by atoms with Crippen molar-refractivity contribution in [3.63, 3.8) is 0 Å². The predicted octanol–water partition coefficient (Wildman–Crippen LogP) is 2.97. The van der Waals surface area contributed by atoms with Crippen molar-refractivity contribution in [2.45, 2.75) is 45.3 Å². The van der Waals surface area contributed by atoms with Gasteiger partial charge in [-0.05, 0) is 49.2 Å². The molecule has 2 rings (SSSR count). The van der Waals surface area contributed by atoms with Crippen LogP contribution in [0.2, 0.25) is 0 Å². The highest BCUT2D eigenvalue weighted by molar-refractivity contribution is 7.10. The first-order valence-electron chi connectivity index (χ1n) is 6.27. The van der Waals surface area contributed by atoms with Gasteiger partial charge >= 0.3 is 0 Å². The fourth-order valence-electron chi connectivity index (χ4n) is 2.17. The first kappa shape index (κ1) is 12.1. The molecule has 3 heteroatoms. The Balaban J connectivity index is 1.64. The predicted molar refractivity (Wildman–Crippen MR) is 69.0 cm³/mol. The summed E-state index contributed by atoms with van der Waals surface area (Å²) in [4.78, 5) is 1.50. The lowest BCUT2D eigenvalue weighted by Crippen LogP contribution is -2.19. The second-order valence-corrected chi connectivity index (χ2v) is 5.32. The molecule has 1 aliphatic rings. The third-order valence-corrected chi connectivity index (χ3v) is 4.13. The molecular formula is C13H21NOS. The maximum absolute atomic E-state index is 5.60. The lowest BCUT2D eigenvalue weighted by molar-refractivity contribution is 0.104. The minimum atomic E-state index is 0.515. The van der Waals surface area contributed by atoms with Crippen LogP contribution in [0.1, 0.15) is 36.6 Å². The Bertz CT molecular complexity index is 305. The number of thiophene rings is 1. The van der Waals surface area contributed by atoms with Crippen molar-refractivity contribution < 1.29 is 4.74 Å². The largest absolute Gasteiger partial charge is 0.378 e. The van der Waals surface area contributed by atoms with Crippen molar-refractivity contribution in [2.75, 3.05) is 13.2 Å². The fraction of sp³-hybridized carbons (Fsp3) is 0.692. The second-order valence-electron chi connectivity index (χ2n) is 4.32. The molecule has 0 aliphatic carbocycles.